The number of amides is 2. The van der Waals surface area contributed by atoms with Gasteiger partial charge in [-0.3, -0.25) is 4.57 Å². The number of carbonyl (C=O) groups excluding carboxylic acids is 1. The molecule has 22 heavy (non-hydrogen) atoms. The summed E-state index contributed by atoms with van der Waals surface area (Å²) < 4.78 is 16.2. The molecule has 3 N–H and O–H groups in total. The van der Waals surface area contributed by atoms with Crippen molar-refractivity contribution in [2.24, 2.45) is 5.92 Å². The topological polar surface area (TPSA) is 87.7 Å². The fraction of sp³-hybridized carbons (Fsp3) is 0.533. The number of hydrogen-bond acceptors (Lipinski definition) is 3. The smallest absolute Gasteiger partial charge is 0.329 e. The Morgan fingerprint density at radius 2 is 2.14 bits per heavy atom. The monoisotopic (exact) mass is 328 g/mol. The molecular formula is C15H25N2O4P. The molecule has 0 aliphatic heterocycles. The van der Waals surface area contributed by atoms with E-state index in [1.54, 1.807) is 13.0 Å². The zero-order valence-corrected chi connectivity index (χ0v) is 14.2. The minimum Gasteiger partial charge on any atom is -0.337 e. The number of rotatable bonds is 8. The van der Waals surface area contributed by atoms with E-state index >= 15 is 0 Å². The Bertz CT molecular complexity index is 534. The summed E-state index contributed by atoms with van der Waals surface area (Å²) in [5.74, 6) is 0.543. The first-order chi connectivity index (χ1) is 10.3. The molecule has 1 unspecified atom stereocenters. The molecule has 1 atom stereocenters. The SMILES string of the molecule is CCOP(=O)(O)CCNC(=O)Nc1cccc(CC(C)C)c1. The second-order valence-corrected chi connectivity index (χ2v) is 7.44. The van der Waals surface area contributed by atoms with E-state index in [0.717, 1.165) is 12.0 Å². The molecule has 0 aliphatic carbocycles. The van der Waals surface area contributed by atoms with Crippen LogP contribution in [0.4, 0.5) is 10.5 Å². The van der Waals surface area contributed by atoms with E-state index in [1.807, 2.05) is 18.2 Å². The Kier molecular flexibility index (Phi) is 7.59. The van der Waals surface area contributed by atoms with Gasteiger partial charge in [0.2, 0.25) is 0 Å². The molecule has 0 aliphatic rings. The molecule has 0 heterocycles. The molecule has 1 aromatic carbocycles. The summed E-state index contributed by atoms with van der Waals surface area (Å²) in [6, 6.07) is 7.24. The van der Waals surface area contributed by atoms with Gasteiger partial charge in [0.1, 0.15) is 0 Å². The lowest BCUT2D eigenvalue weighted by Crippen LogP contribution is -2.31. The van der Waals surface area contributed by atoms with Gasteiger partial charge in [-0.1, -0.05) is 26.0 Å². The highest BCUT2D eigenvalue weighted by atomic mass is 31.2. The van der Waals surface area contributed by atoms with Gasteiger partial charge in [-0.2, -0.15) is 0 Å². The van der Waals surface area contributed by atoms with Crippen LogP contribution in [0.2, 0.25) is 0 Å². The van der Waals surface area contributed by atoms with Gasteiger partial charge in [0.05, 0.1) is 12.8 Å². The molecule has 0 fully saturated rings. The summed E-state index contributed by atoms with van der Waals surface area (Å²) in [6.07, 6.45) is 0.834. The zero-order chi connectivity index (χ0) is 16.6. The van der Waals surface area contributed by atoms with E-state index in [9.17, 15) is 14.3 Å². The minimum atomic E-state index is -3.60. The van der Waals surface area contributed by atoms with Crippen molar-refractivity contribution in [1.82, 2.24) is 5.32 Å². The Balaban J connectivity index is 2.43. The molecule has 0 saturated heterocycles. The maximum atomic E-state index is 11.8. The van der Waals surface area contributed by atoms with Crippen LogP contribution in [0.3, 0.4) is 0 Å². The molecule has 0 aromatic heterocycles. The summed E-state index contributed by atoms with van der Waals surface area (Å²) in [6.45, 7) is 6.16. The summed E-state index contributed by atoms with van der Waals surface area (Å²) in [5, 5.41) is 5.26. The van der Waals surface area contributed by atoms with E-state index < -0.39 is 13.6 Å². The van der Waals surface area contributed by atoms with E-state index in [4.69, 9.17) is 4.52 Å². The average Bonchev–Trinajstić information content (AvgIpc) is 2.37. The molecule has 0 radical (unpaired) electrons. The van der Waals surface area contributed by atoms with Gasteiger partial charge in [-0.15, -0.1) is 0 Å². The fourth-order valence-corrected chi connectivity index (χ4v) is 2.93. The lowest BCUT2D eigenvalue weighted by Gasteiger charge is -2.12. The lowest BCUT2D eigenvalue weighted by atomic mass is 10.0. The van der Waals surface area contributed by atoms with Crippen LogP contribution in [0, 0.1) is 5.92 Å². The minimum absolute atomic E-state index is 0.0747. The third kappa shape index (κ3) is 7.59. The molecule has 7 heteroatoms. The largest absolute Gasteiger partial charge is 0.337 e. The normalized spacial score (nSPS) is 13.7. The highest BCUT2D eigenvalue weighted by Crippen LogP contribution is 2.40. The second kappa shape index (κ2) is 8.93. The van der Waals surface area contributed by atoms with Crippen LogP contribution < -0.4 is 10.6 Å². The van der Waals surface area contributed by atoms with Crippen molar-refractivity contribution in [3.8, 4) is 0 Å². The van der Waals surface area contributed by atoms with Gasteiger partial charge >= 0.3 is 13.6 Å². The van der Waals surface area contributed by atoms with E-state index in [-0.39, 0.29) is 19.3 Å². The van der Waals surface area contributed by atoms with Crippen molar-refractivity contribution < 1.29 is 18.8 Å². The van der Waals surface area contributed by atoms with E-state index in [2.05, 4.69) is 24.5 Å². The van der Waals surface area contributed by atoms with Gasteiger partial charge in [0.15, 0.2) is 0 Å². The van der Waals surface area contributed by atoms with Crippen molar-refractivity contribution in [3.63, 3.8) is 0 Å². The summed E-state index contributed by atoms with van der Waals surface area (Å²) in [5.41, 5.74) is 1.86. The van der Waals surface area contributed by atoms with Crippen molar-refractivity contribution in [1.29, 1.82) is 0 Å². The number of nitrogens with one attached hydrogen (secondary N) is 2. The molecule has 6 nitrogen and oxygen atoms in total. The molecule has 124 valence electrons. The molecular weight excluding hydrogens is 303 g/mol. The Hall–Kier alpha value is -1.36. The third-order valence-corrected chi connectivity index (χ3v) is 4.29. The summed E-state index contributed by atoms with van der Waals surface area (Å²) in [7, 11) is -3.60. The fourth-order valence-electron chi connectivity index (χ4n) is 2.00. The number of hydrogen-bond donors (Lipinski definition) is 3. The van der Waals surface area contributed by atoms with Crippen LogP contribution in [0.5, 0.6) is 0 Å². The van der Waals surface area contributed by atoms with E-state index in [0.29, 0.717) is 11.6 Å². The van der Waals surface area contributed by atoms with Crippen LogP contribution in [-0.2, 0) is 15.5 Å². The maximum Gasteiger partial charge on any atom is 0.329 e. The number of benzene rings is 1. The second-order valence-electron chi connectivity index (χ2n) is 5.46. The van der Waals surface area contributed by atoms with Crippen LogP contribution in [0.1, 0.15) is 26.3 Å². The molecule has 0 bridgehead atoms. The molecule has 1 rings (SSSR count). The molecule has 0 spiro atoms. The van der Waals surface area contributed by atoms with Gasteiger partial charge in [0.25, 0.3) is 0 Å². The Labute approximate surface area is 131 Å². The quantitative estimate of drug-likeness (QED) is 0.639. The average molecular weight is 328 g/mol. The van der Waals surface area contributed by atoms with E-state index in [1.165, 1.54) is 0 Å². The summed E-state index contributed by atoms with van der Waals surface area (Å²) in [4.78, 5) is 21.2. The predicted molar refractivity (Wildman–Crippen MR) is 88.3 cm³/mol. The van der Waals surface area contributed by atoms with Crippen LogP contribution in [0.25, 0.3) is 0 Å². The zero-order valence-electron chi connectivity index (χ0n) is 13.3. The first-order valence-electron chi connectivity index (χ1n) is 7.42. The highest BCUT2D eigenvalue weighted by Gasteiger charge is 2.18. The Morgan fingerprint density at radius 3 is 2.77 bits per heavy atom. The first-order valence-corrected chi connectivity index (χ1v) is 9.19. The predicted octanol–water partition coefficient (Wildman–Crippen LogP) is 3.23. The van der Waals surface area contributed by atoms with Gasteiger partial charge in [0, 0.05) is 12.2 Å². The molecule has 1 aromatic rings. The molecule has 2 amide bonds. The van der Waals surface area contributed by atoms with Crippen LogP contribution in [-0.4, -0.2) is 30.2 Å². The Morgan fingerprint density at radius 1 is 1.41 bits per heavy atom. The number of urea groups is 1. The van der Waals surface area contributed by atoms with Crippen molar-refractivity contribution in [3.05, 3.63) is 29.8 Å². The van der Waals surface area contributed by atoms with Crippen molar-refractivity contribution in [2.75, 3.05) is 24.6 Å². The highest BCUT2D eigenvalue weighted by molar-refractivity contribution is 7.52. The van der Waals surface area contributed by atoms with Gasteiger partial charge in [-0.25, -0.2) is 4.79 Å². The molecule has 0 saturated carbocycles. The van der Waals surface area contributed by atoms with Crippen molar-refractivity contribution in [2.45, 2.75) is 27.2 Å². The summed E-state index contributed by atoms with van der Waals surface area (Å²) >= 11 is 0. The third-order valence-electron chi connectivity index (χ3n) is 2.84. The van der Waals surface area contributed by atoms with Crippen molar-refractivity contribution >= 4 is 19.3 Å². The number of anilines is 1. The van der Waals surface area contributed by atoms with Crippen LogP contribution in [0.15, 0.2) is 24.3 Å². The number of carbonyl (C=O) groups is 1. The maximum absolute atomic E-state index is 11.8. The first kappa shape index (κ1) is 18.7. The van der Waals surface area contributed by atoms with Gasteiger partial charge < -0.3 is 20.1 Å². The van der Waals surface area contributed by atoms with Crippen LogP contribution >= 0.6 is 7.60 Å². The van der Waals surface area contributed by atoms with Gasteiger partial charge in [-0.05, 0) is 37.0 Å². The lowest BCUT2D eigenvalue weighted by molar-refractivity contribution is 0.252. The standard InChI is InChI=1S/C15H25N2O4P/c1-4-21-22(19,20)9-8-16-15(18)17-14-7-5-6-13(11-14)10-12(2)3/h5-7,11-12H,4,8-10H2,1-3H3,(H,19,20)(H2,16,17,18).